The molecule has 0 aromatic heterocycles. The summed E-state index contributed by atoms with van der Waals surface area (Å²) in [6.45, 7) is 4.83. The molecular formula is C64H117NO5. The summed E-state index contributed by atoms with van der Waals surface area (Å²) >= 11 is 0. The van der Waals surface area contributed by atoms with Gasteiger partial charge in [0.25, 0.3) is 0 Å². The third kappa shape index (κ3) is 54.9. The number of hydrogen-bond acceptors (Lipinski definition) is 5. The summed E-state index contributed by atoms with van der Waals surface area (Å²) in [6.07, 6.45) is 76.8. The second kappa shape index (κ2) is 59.1. The van der Waals surface area contributed by atoms with Crippen LogP contribution in [-0.4, -0.2) is 47.4 Å². The van der Waals surface area contributed by atoms with Crippen molar-refractivity contribution in [3.63, 3.8) is 0 Å². The molecule has 0 radical (unpaired) electrons. The van der Waals surface area contributed by atoms with Crippen LogP contribution in [0.5, 0.6) is 0 Å². The maximum absolute atomic E-state index is 12.5. The number of carbonyl (C=O) groups excluding carboxylic acids is 2. The largest absolute Gasteiger partial charge is 0.466 e. The first kappa shape index (κ1) is 67.6. The van der Waals surface area contributed by atoms with E-state index in [0.717, 1.165) is 57.8 Å². The van der Waals surface area contributed by atoms with E-state index in [4.69, 9.17) is 4.74 Å². The number of esters is 1. The highest BCUT2D eigenvalue weighted by Crippen LogP contribution is 2.16. The normalized spacial score (nSPS) is 13.0. The average Bonchev–Trinajstić information content (AvgIpc) is 3.36. The lowest BCUT2D eigenvalue weighted by Gasteiger charge is -2.20. The van der Waals surface area contributed by atoms with Crippen LogP contribution in [0.15, 0.2) is 60.8 Å². The first-order chi connectivity index (χ1) is 34.5. The van der Waals surface area contributed by atoms with Crippen molar-refractivity contribution < 1.29 is 24.5 Å². The Kier molecular flexibility index (Phi) is 57.1. The highest BCUT2D eigenvalue weighted by Gasteiger charge is 2.18. The lowest BCUT2D eigenvalue weighted by atomic mass is 10.0. The number of aliphatic hydroxyl groups is 2. The number of amides is 1. The summed E-state index contributed by atoms with van der Waals surface area (Å²) in [5.74, 6) is -0.0818. The minimum Gasteiger partial charge on any atom is -0.466 e. The third-order valence-electron chi connectivity index (χ3n) is 13.7. The lowest BCUT2D eigenvalue weighted by molar-refractivity contribution is -0.143. The smallest absolute Gasteiger partial charge is 0.305 e. The second-order valence-corrected chi connectivity index (χ2v) is 20.7. The minimum atomic E-state index is -0.849. The van der Waals surface area contributed by atoms with E-state index in [-0.39, 0.29) is 18.5 Å². The van der Waals surface area contributed by atoms with Crippen molar-refractivity contribution in [3.8, 4) is 0 Å². The van der Waals surface area contributed by atoms with Gasteiger partial charge in [-0.3, -0.25) is 9.59 Å². The van der Waals surface area contributed by atoms with Crippen LogP contribution < -0.4 is 5.32 Å². The van der Waals surface area contributed by atoms with Gasteiger partial charge < -0.3 is 20.3 Å². The molecule has 0 saturated carbocycles. The van der Waals surface area contributed by atoms with E-state index in [1.165, 1.54) is 225 Å². The molecule has 0 heterocycles. The maximum Gasteiger partial charge on any atom is 0.305 e. The van der Waals surface area contributed by atoms with Crippen LogP contribution in [0.25, 0.3) is 0 Å². The van der Waals surface area contributed by atoms with Crippen molar-refractivity contribution >= 4 is 11.9 Å². The van der Waals surface area contributed by atoms with Crippen LogP contribution in [0.2, 0.25) is 0 Å². The molecule has 70 heavy (non-hydrogen) atoms. The van der Waals surface area contributed by atoms with Crippen LogP contribution >= 0.6 is 0 Å². The molecular weight excluding hydrogens is 863 g/mol. The molecule has 0 spiro atoms. The highest BCUT2D eigenvalue weighted by molar-refractivity contribution is 5.76. The predicted molar refractivity (Wildman–Crippen MR) is 305 cm³/mol. The van der Waals surface area contributed by atoms with Crippen LogP contribution in [0.4, 0.5) is 0 Å². The van der Waals surface area contributed by atoms with Crippen molar-refractivity contribution in [2.75, 3.05) is 13.2 Å². The van der Waals surface area contributed by atoms with Crippen molar-refractivity contribution in [1.82, 2.24) is 5.32 Å². The zero-order chi connectivity index (χ0) is 50.7. The molecule has 3 N–H and O–H groups in total. The van der Waals surface area contributed by atoms with E-state index in [1.807, 2.05) is 6.08 Å². The minimum absolute atomic E-state index is 0.00753. The predicted octanol–water partition coefficient (Wildman–Crippen LogP) is 19.1. The Balaban J connectivity index is 3.47. The summed E-state index contributed by atoms with van der Waals surface area (Å²) in [7, 11) is 0. The molecule has 2 unspecified atom stereocenters. The molecule has 1 amide bonds. The Hall–Kier alpha value is -2.44. The number of ether oxygens (including phenoxy) is 1. The van der Waals surface area contributed by atoms with Crippen molar-refractivity contribution in [3.05, 3.63) is 60.8 Å². The molecule has 6 nitrogen and oxygen atoms in total. The first-order valence-corrected chi connectivity index (χ1v) is 30.6. The molecule has 0 aromatic carbocycles. The van der Waals surface area contributed by atoms with Gasteiger partial charge in [-0.25, -0.2) is 0 Å². The van der Waals surface area contributed by atoms with Gasteiger partial charge in [0.15, 0.2) is 0 Å². The molecule has 0 aliphatic heterocycles. The van der Waals surface area contributed by atoms with E-state index in [2.05, 4.69) is 67.8 Å². The second-order valence-electron chi connectivity index (χ2n) is 20.7. The topological polar surface area (TPSA) is 95.9 Å². The number of allylic oxidation sites excluding steroid dienone is 9. The fraction of sp³-hybridized carbons (Fsp3) is 0.812. The Labute approximate surface area is 435 Å². The van der Waals surface area contributed by atoms with Gasteiger partial charge in [0, 0.05) is 12.8 Å². The fourth-order valence-corrected chi connectivity index (χ4v) is 9.05. The lowest BCUT2D eigenvalue weighted by Crippen LogP contribution is -2.45. The Morgan fingerprint density at radius 2 is 0.743 bits per heavy atom. The average molecular weight is 981 g/mol. The zero-order valence-electron chi connectivity index (χ0n) is 46.5. The van der Waals surface area contributed by atoms with Gasteiger partial charge in [-0.05, 0) is 89.9 Å². The summed E-state index contributed by atoms with van der Waals surface area (Å²) in [5.41, 5.74) is 0. The molecule has 408 valence electrons. The van der Waals surface area contributed by atoms with Gasteiger partial charge in [0.2, 0.25) is 5.91 Å². The standard InChI is InChI=1S/C64H117NO5/c1-3-5-7-9-11-13-15-17-29-33-36-40-44-48-52-56-62(67)61(60-66)65-63(68)57-53-49-45-41-37-34-30-27-25-23-21-19-18-20-22-24-26-28-31-35-39-43-47-51-55-59-70-64(69)58-54-50-46-42-38-32-16-14-12-10-8-6-4-2/h8,10,14,16,19-22,52,56,61-62,66-67H,3-7,9,11-13,15,17-18,23-51,53-55,57-60H2,1-2H3,(H,65,68)/b10-8-,16-14-,21-19-,22-20-,56-52+. The Bertz CT molecular complexity index is 1220. The van der Waals surface area contributed by atoms with E-state index in [9.17, 15) is 19.8 Å². The number of aliphatic hydroxyl groups excluding tert-OH is 2. The third-order valence-corrected chi connectivity index (χ3v) is 13.7. The highest BCUT2D eigenvalue weighted by atomic mass is 16.5. The van der Waals surface area contributed by atoms with Gasteiger partial charge in [0.1, 0.15) is 0 Å². The van der Waals surface area contributed by atoms with Crippen LogP contribution in [-0.2, 0) is 14.3 Å². The first-order valence-electron chi connectivity index (χ1n) is 30.6. The van der Waals surface area contributed by atoms with Crippen molar-refractivity contribution in [1.29, 1.82) is 0 Å². The zero-order valence-corrected chi connectivity index (χ0v) is 46.5. The summed E-state index contributed by atoms with van der Waals surface area (Å²) in [5, 5.41) is 23.1. The van der Waals surface area contributed by atoms with Gasteiger partial charge in [0.05, 0.1) is 25.4 Å². The van der Waals surface area contributed by atoms with Crippen molar-refractivity contribution in [2.45, 2.75) is 321 Å². The summed E-state index contributed by atoms with van der Waals surface area (Å²) in [4.78, 5) is 24.5. The molecule has 0 saturated heterocycles. The van der Waals surface area contributed by atoms with Crippen LogP contribution in [0, 0.1) is 0 Å². The van der Waals surface area contributed by atoms with E-state index >= 15 is 0 Å². The number of carbonyl (C=O) groups is 2. The molecule has 0 bridgehead atoms. The van der Waals surface area contributed by atoms with Crippen LogP contribution in [0.3, 0.4) is 0 Å². The molecule has 0 rings (SSSR count). The monoisotopic (exact) mass is 980 g/mol. The van der Waals surface area contributed by atoms with E-state index in [0.29, 0.717) is 19.4 Å². The van der Waals surface area contributed by atoms with Gasteiger partial charge >= 0.3 is 5.97 Å². The van der Waals surface area contributed by atoms with Gasteiger partial charge in [-0.2, -0.15) is 0 Å². The summed E-state index contributed by atoms with van der Waals surface area (Å²) < 4.78 is 5.46. The van der Waals surface area contributed by atoms with Gasteiger partial charge in [-0.15, -0.1) is 0 Å². The Morgan fingerprint density at radius 3 is 1.14 bits per heavy atom. The maximum atomic E-state index is 12.5. The molecule has 6 heteroatoms. The number of rotatable bonds is 56. The quantitative estimate of drug-likeness (QED) is 0.0321. The van der Waals surface area contributed by atoms with Gasteiger partial charge in [-0.1, -0.05) is 267 Å². The molecule has 0 aliphatic rings. The number of hydrogen-bond donors (Lipinski definition) is 3. The van der Waals surface area contributed by atoms with E-state index in [1.54, 1.807) is 6.08 Å². The SMILES string of the molecule is CCC/C=C\C/C=C\CCCCCCCC(=O)OCCCCCCCCCCC/C=C\C/C=C\CCCCCCCCCCCC(=O)NC(CO)C(O)/C=C/CCCCCCCCCCCCCCC. The molecule has 0 aromatic rings. The summed E-state index contributed by atoms with van der Waals surface area (Å²) in [6, 6.07) is -0.633. The number of unbranched alkanes of at least 4 members (excludes halogenated alkanes) is 37. The van der Waals surface area contributed by atoms with Crippen LogP contribution in [0.1, 0.15) is 309 Å². The number of nitrogens with one attached hydrogen (secondary N) is 1. The molecule has 0 fully saturated rings. The molecule has 0 aliphatic carbocycles. The fourth-order valence-electron chi connectivity index (χ4n) is 9.05. The Morgan fingerprint density at radius 1 is 0.400 bits per heavy atom. The van der Waals surface area contributed by atoms with Crippen molar-refractivity contribution in [2.24, 2.45) is 0 Å². The van der Waals surface area contributed by atoms with E-state index < -0.39 is 12.1 Å². The molecule has 2 atom stereocenters.